The Kier molecular flexibility index (Phi) is 2.65. The van der Waals surface area contributed by atoms with Gasteiger partial charge in [-0.3, -0.25) is 0 Å². The second-order valence-electron chi connectivity index (χ2n) is 2.08. The minimum atomic E-state index is -1.79. The predicted molar refractivity (Wildman–Crippen MR) is 41.0 cm³/mol. The standard InChI is InChI=1S/C3ClF2N5O4/c4-1-2(9(12)13)7-8(11(5)6)3(1)10(14)15. The van der Waals surface area contributed by atoms with Crippen LogP contribution in [0.4, 0.5) is 20.6 Å². The topological polar surface area (TPSA) is 107 Å². The van der Waals surface area contributed by atoms with Crippen LogP contribution in [-0.2, 0) is 0 Å². The van der Waals surface area contributed by atoms with Crippen LogP contribution < -0.4 is 5.45 Å². The fraction of sp³-hybridized carbons (Fsp3) is 0. The molecular weight excluding hydrogens is 244 g/mol. The van der Waals surface area contributed by atoms with Crippen molar-refractivity contribution in [2.24, 2.45) is 0 Å². The third-order valence-electron chi connectivity index (χ3n) is 1.26. The molecule has 1 aromatic heterocycles. The van der Waals surface area contributed by atoms with Gasteiger partial charge < -0.3 is 20.2 Å². The summed E-state index contributed by atoms with van der Waals surface area (Å²) in [5, 5.41) is 22.0. The van der Waals surface area contributed by atoms with Gasteiger partial charge in [-0.1, -0.05) is 11.6 Å². The Hall–Kier alpha value is -2.04. The molecule has 0 saturated carbocycles. The molecule has 0 aliphatic carbocycles. The normalized spacial score (nSPS) is 10.1. The molecule has 0 aliphatic heterocycles. The molecule has 0 fully saturated rings. The van der Waals surface area contributed by atoms with Gasteiger partial charge >= 0.3 is 11.6 Å². The van der Waals surface area contributed by atoms with Crippen LogP contribution in [0.15, 0.2) is 0 Å². The molecule has 0 N–H and O–H groups in total. The summed E-state index contributed by atoms with van der Waals surface area (Å²) in [4.78, 5) is 17.3. The Morgan fingerprint density at radius 1 is 1.33 bits per heavy atom. The lowest BCUT2D eigenvalue weighted by atomic mass is 10.6. The molecule has 0 amide bonds. The van der Waals surface area contributed by atoms with Crippen LogP contribution in [0.2, 0.25) is 5.02 Å². The third kappa shape index (κ3) is 1.76. The van der Waals surface area contributed by atoms with Crippen molar-refractivity contribution < 1.29 is 18.8 Å². The Morgan fingerprint density at radius 2 is 1.87 bits per heavy atom. The summed E-state index contributed by atoms with van der Waals surface area (Å²) in [6, 6.07) is 0. The summed E-state index contributed by atoms with van der Waals surface area (Å²) in [6.45, 7) is 0. The average Bonchev–Trinajstić information content (AvgIpc) is 2.42. The molecule has 0 atom stereocenters. The van der Waals surface area contributed by atoms with Crippen molar-refractivity contribution in [3.63, 3.8) is 0 Å². The highest BCUT2D eigenvalue weighted by atomic mass is 35.5. The van der Waals surface area contributed by atoms with E-state index in [1.54, 1.807) is 0 Å². The van der Waals surface area contributed by atoms with Gasteiger partial charge in [0.05, 0.1) is 0 Å². The summed E-state index contributed by atoms with van der Waals surface area (Å²) in [7, 11) is 0. The first-order valence-electron chi connectivity index (χ1n) is 3.05. The first-order chi connectivity index (χ1) is 6.86. The first-order valence-corrected chi connectivity index (χ1v) is 3.43. The summed E-state index contributed by atoms with van der Waals surface area (Å²) < 4.78 is 24.0. The summed E-state index contributed by atoms with van der Waals surface area (Å²) >= 11 is 5.14. The van der Waals surface area contributed by atoms with Crippen molar-refractivity contribution in [1.82, 2.24) is 9.89 Å². The van der Waals surface area contributed by atoms with Gasteiger partial charge in [-0.25, -0.2) is 0 Å². The molecule has 1 aromatic rings. The number of nitrogens with zero attached hydrogens (tertiary/aromatic N) is 5. The van der Waals surface area contributed by atoms with Gasteiger partial charge in [0.1, 0.15) is 4.79 Å². The number of rotatable bonds is 3. The zero-order chi connectivity index (χ0) is 11.7. The molecule has 1 heterocycles. The van der Waals surface area contributed by atoms with E-state index >= 15 is 0 Å². The Bertz CT molecular complexity index is 432. The fourth-order valence-corrected chi connectivity index (χ4v) is 0.995. The molecule has 82 valence electrons. The molecule has 12 heteroatoms. The lowest BCUT2D eigenvalue weighted by molar-refractivity contribution is -0.395. The molecule has 9 nitrogen and oxygen atoms in total. The second-order valence-corrected chi connectivity index (χ2v) is 2.46. The Balaban J connectivity index is 3.46. The number of aromatic nitrogens is 2. The molecule has 0 aromatic carbocycles. The van der Waals surface area contributed by atoms with Crippen LogP contribution in [0, 0.1) is 20.2 Å². The van der Waals surface area contributed by atoms with Crippen molar-refractivity contribution in [2.75, 3.05) is 5.45 Å². The first kappa shape index (κ1) is 11.0. The van der Waals surface area contributed by atoms with Crippen LogP contribution in [0.1, 0.15) is 0 Å². The average molecular weight is 244 g/mol. The van der Waals surface area contributed by atoms with E-state index in [-0.39, 0.29) is 0 Å². The van der Waals surface area contributed by atoms with Gasteiger partial charge in [0.15, 0.2) is 10.6 Å². The Labute approximate surface area is 83.6 Å². The van der Waals surface area contributed by atoms with Gasteiger partial charge in [-0.15, -0.1) is 0 Å². The second kappa shape index (κ2) is 3.61. The van der Waals surface area contributed by atoms with E-state index in [2.05, 4.69) is 5.10 Å². The largest absolute Gasteiger partial charge is 0.442 e. The number of nitro groups is 2. The van der Waals surface area contributed by atoms with E-state index in [1.165, 1.54) is 0 Å². The summed E-state index contributed by atoms with van der Waals surface area (Å²) in [6.07, 6.45) is 0. The highest BCUT2D eigenvalue weighted by molar-refractivity contribution is 6.34. The van der Waals surface area contributed by atoms with Gasteiger partial charge in [0.2, 0.25) is 5.02 Å². The minimum absolute atomic E-state index is 0.583. The Morgan fingerprint density at radius 3 is 2.13 bits per heavy atom. The molecule has 15 heavy (non-hydrogen) atoms. The highest BCUT2D eigenvalue weighted by Gasteiger charge is 2.40. The quantitative estimate of drug-likeness (QED) is 0.446. The van der Waals surface area contributed by atoms with E-state index < -0.39 is 36.7 Å². The number of hydrogen-bond donors (Lipinski definition) is 0. The predicted octanol–water partition coefficient (Wildman–Crippen LogP) is 1.06. The molecule has 0 aliphatic rings. The molecule has 0 radical (unpaired) electrons. The maximum Gasteiger partial charge on any atom is 0.442 e. The van der Waals surface area contributed by atoms with E-state index in [4.69, 9.17) is 11.6 Å². The van der Waals surface area contributed by atoms with Crippen LogP contribution in [0.5, 0.6) is 0 Å². The molecule has 0 bridgehead atoms. The van der Waals surface area contributed by atoms with Crippen molar-refractivity contribution >= 4 is 23.2 Å². The molecular formula is C3ClF2N5O4. The molecule has 1 rings (SSSR count). The lowest BCUT2D eigenvalue weighted by Crippen LogP contribution is -2.19. The number of halogens is 3. The van der Waals surface area contributed by atoms with Gasteiger partial charge in [0, 0.05) is 0 Å². The van der Waals surface area contributed by atoms with E-state index in [9.17, 15) is 29.2 Å². The maximum atomic E-state index is 12.0. The van der Waals surface area contributed by atoms with Crippen LogP contribution in [0.25, 0.3) is 0 Å². The third-order valence-corrected chi connectivity index (χ3v) is 1.60. The number of hydrogen-bond acceptors (Lipinski definition) is 6. The highest BCUT2D eigenvalue weighted by Crippen LogP contribution is 2.33. The van der Waals surface area contributed by atoms with Crippen LogP contribution in [-0.4, -0.2) is 19.7 Å². The van der Waals surface area contributed by atoms with E-state index in [0.29, 0.717) is 0 Å². The molecule has 0 saturated heterocycles. The van der Waals surface area contributed by atoms with Crippen molar-refractivity contribution in [3.05, 3.63) is 25.3 Å². The molecule has 0 spiro atoms. The summed E-state index contributed by atoms with van der Waals surface area (Å²) in [5.74, 6) is -2.60. The SMILES string of the molecule is O=[N+]([O-])c1nn(N(F)F)c([N+](=O)[O-])c1Cl. The van der Waals surface area contributed by atoms with Gasteiger partial charge in [-0.05, 0) is 18.8 Å². The lowest BCUT2D eigenvalue weighted by Gasteiger charge is -1.92. The van der Waals surface area contributed by atoms with Crippen molar-refractivity contribution in [3.8, 4) is 0 Å². The maximum absolute atomic E-state index is 12.0. The fourth-order valence-electron chi connectivity index (χ4n) is 0.744. The summed E-state index contributed by atoms with van der Waals surface area (Å²) in [5.41, 5.74) is -1.79. The monoisotopic (exact) mass is 243 g/mol. The molecule has 0 unspecified atom stereocenters. The van der Waals surface area contributed by atoms with Crippen LogP contribution in [0.3, 0.4) is 0 Å². The zero-order valence-electron chi connectivity index (χ0n) is 6.50. The van der Waals surface area contributed by atoms with Gasteiger partial charge in [-0.2, -0.15) is 0 Å². The van der Waals surface area contributed by atoms with E-state index in [1.807, 2.05) is 0 Å². The van der Waals surface area contributed by atoms with Gasteiger partial charge in [0.25, 0.3) is 0 Å². The van der Waals surface area contributed by atoms with Crippen molar-refractivity contribution in [1.29, 1.82) is 0 Å². The van der Waals surface area contributed by atoms with Crippen LogP contribution >= 0.6 is 11.6 Å². The van der Waals surface area contributed by atoms with Crippen molar-refractivity contribution in [2.45, 2.75) is 0 Å². The zero-order valence-corrected chi connectivity index (χ0v) is 7.26. The van der Waals surface area contributed by atoms with E-state index in [0.717, 1.165) is 0 Å². The minimum Gasteiger partial charge on any atom is -0.358 e. The smallest absolute Gasteiger partial charge is 0.358 e.